The first-order valence-corrected chi connectivity index (χ1v) is 20.0. The second-order valence-electron chi connectivity index (χ2n) is 13.7. The SMILES string of the molecule is CCOC(=O)CNC(=O)NCc1cccc(-c2ccc([C@@H]3O[C@H](CSc4nc(-c5ccccc5)c(-c5ccccc5)o4)[C@H](C)[C@H](c4ccc(CO)cc4)O3)cc2)c1. The Hall–Kier alpha value is -5.72. The highest BCUT2D eigenvalue weighted by Gasteiger charge is 2.38. The van der Waals surface area contributed by atoms with E-state index in [4.69, 9.17) is 23.6 Å². The van der Waals surface area contributed by atoms with Gasteiger partial charge in [-0.05, 0) is 40.8 Å². The van der Waals surface area contributed by atoms with Crippen LogP contribution in [-0.2, 0) is 32.2 Å². The van der Waals surface area contributed by atoms with E-state index in [9.17, 15) is 14.7 Å². The minimum Gasteiger partial charge on any atom is -0.465 e. The summed E-state index contributed by atoms with van der Waals surface area (Å²) in [5.74, 6) is 0.798. The van der Waals surface area contributed by atoms with Gasteiger partial charge in [-0.3, -0.25) is 4.79 Å². The smallest absolute Gasteiger partial charge is 0.325 e. The van der Waals surface area contributed by atoms with E-state index in [1.165, 1.54) is 11.8 Å². The number of hydrogen-bond acceptors (Lipinski definition) is 9. The fraction of sp³-hybridized carbons (Fsp3) is 0.239. The Bertz CT molecular complexity index is 2170. The maximum Gasteiger partial charge on any atom is 0.325 e. The van der Waals surface area contributed by atoms with Crippen LogP contribution in [0, 0.1) is 5.92 Å². The van der Waals surface area contributed by atoms with Gasteiger partial charge in [0.2, 0.25) is 0 Å². The van der Waals surface area contributed by atoms with Crippen molar-refractivity contribution < 1.29 is 33.3 Å². The van der Waals surface area contributed by atoms with E-state index < -0.39 is 18.3 Å². The number of rotatable bonds is 14. The lowest BCUT2D eigenvalue weighted by molar-refractivity contribution is -0.268. The number of urea groups is 1. The summed E-state index contributed by atoms with van der Waals surface area (Å²) >= 11 is 1.53. The van der Waals surface area contributed by atoms with Crippen LogP contribution in [0.5, 0.6) is 0 Å². The Kier molecular flexibility index (Phi) is 13.1. The molecule has 5 aromatic carbocycles. The molecule has 4 atom stereocenters. The zero-order valence-corrected chi connectivity index (χ0v) is 32.6. The largest absolute Gasteiger partial charge is 0.465 e. The molecular weight excluding hydrogens is 739 g/mol. The van der Waals surface area contributed by atoms with E-state index in [-0.39, 0.29) is 44.4 Å². The van der Waals surface area contributed by atoms with E-state index in [0.29, 0.717) is 11.0 Å². The number of carbonyl (C=O) groups is 2. The van der Waals surface area contributed by atoms with Gasteiger partial charge in [0.25, 0.3) is 5.22 Å². The summed E-state index contributed by atoms with van der Waals surface area (Å²) in [6.07, 6.45) is -1.14. The number of esters is 1. The third-order valence-corrected chi connectivity index (χ3v) is 10.7. The first kappa shape index (κ1) is 39.5. The Morgan fingerprint density at radius 3 is 2.14 bits per heavy atom. The molecule has 1 fully saturated rings. The Morgan fingerprint density at radius 1 is 0.754 bits per heavy atom. The molecule has 1 aromatic heterocycles. The van der Waals surface area contributed by atoms with Crippen LogP contribution < -0.4 is 10.6 Å². The fourth-order valence-corrected chi connectivity index (χ4v) is 7.69. The topological polar surface area (TPSA) is 132 Å². The molecule has 1 aliphatic heterocycles. The molecule has 57 heavy (non-hydrogen) atoms. The highest BCUT2D eigenvalue weighted by atomic mass is 32.2. The van der Waals surface area contributed by atoms with E-state index in [1.54, 1.807) is 6.92 Å². The van der Waals surface area contributed by atoms with Gasteiger partial charge in [0, 0.05) is 34.9 Å². The van der Waals surface area contributed by atoms with Crippen LogP contribution in [0.15, 0.2) is 143 Å². The molecule has 7 rings (SSSR count). The number of ether oxygens (including phenoxy) is 3. The minimum absolute atomic E-state index is 0.0197. The predicted octanol–water partition coefficient (Wildman–Crippen LogP) is 9.11. The van der Waals surface area contributed by atoms with Crippen LogP contribution in [0.25, 0.3) is 33.7 Å². The van der Waals surface area contributed by atoms with Crippen molar-refractivity contribution in [3.63, 3.8) is 0 Å². The number of nitrogens with zero attached hydrogens (tertiary/aromatic N) is 1. The van der Waals surface area contributed by atoms with Crippen molar-refractivity contribution in [1.82, 2.24) is 15.6 Å². The predicted molar refractivity (Wildman–Crippen MR) is 220 cm³/mol. The van der Waals surface area contributed by atoms with Crippen LogP contribution in [0.3, 0.4) is 0 Å². The summed E-state index contributed by atoms with van der Waals surface area (Å²) in [5, 5.41) is 15.5. The van der Waals surface area contributed by atoms with Crippen molar-refractivity contribution in [1.29, 1.82) is 0 Å². The van der Waals surface area contributed by atoms with Crippen LogP contribution in [0.4, 0.5) is 4.79 Å². The van der Waals surface area contributed by atoms with Crippen LogP contribution >= 0.6 is 11.8 Å². The fourth-order valence-electron chi connectivity index (χ4n) is 6.71. The highest BCUT2D eigenvalue weighted by Crippen LogP contribution is 2.44. The molecule has 0 spiro atoms. The lowest BCUT2D eigenvalue weighted by Gasteiger charge is -2.41. The van der Waals surface area contributed by atoms with Gasteiger partial charge >= 0.3 is 12.0 Å². The molecule has 1 saturated heterocycles. The molecule has 3 N–H and O–H groups in total. The molecule has 0 radical (unpaired) electrons. The number of oxazole rings is 1. The van der Waals surface area contributed by atoms with E-state index in [0.717, 1.165) is 56.0 Å². The number of aliphatic hydroxyl groups excluding tert-OH is 1. The maximum absolute atomic E-state index is 12.2. The number of thioether (sulfide) groups is 1. The molecule has 6 aromatic rings. The quantitative estimate of drug-likeness (QED) is 0.0731. The number of hydrogen-bond donors (Lipinski definition) is 3. The molecule has 2 heterocycles. The number of amides is 2. The van der Waals surface area contributed by atoms with E-state index in [2.05, 4.69) is 17.6 Å². The molecule has 11 heteroatoms. The highest BCUT2D eigenvalue weighted by molar-refractivity contribution is 7.99. The Morgan fingerprint density at radius 2 is 1.44 bits per heavy atom. The lowest BCUT2D eigenvalue weighted by atomic mass is 9.91. The average Bonchev–Trinajstić information content (AvgIpc) is 3.70. The van der Waals surface area contributed by atoms with Gasteiger partial charge in [-0.1, -0.05) is 146 Å². The zero-order valence-electron chi connectivity index (χ0n) is 31.8. The third-order valence-electron chi connectivity index (χ3n) is 9.78. The van der Waals surface area contributed by atoms with Gasteiger partial charge in [-0.2, -0.15) is 0 Å². The minimum atomic E-state index is -0.642. The number of carbonyl (C=O) groups excluding carboxylic acids is 2. The molecule has 10 nitrogen and oxygen atoms in total. The first-order valence-electron chi connectivity index (χ1n) is 19.0. The molecule has 292 valence electrons. The average molecular weight is 784 g/mol. The number of benzene rings is 5. The van der Waals surface area contributed by atoms with Crippen molar-refractivity contribution in [2.24, 2.45) is 5.92 Å². The molecule has 0 saturated carbocycles. The van der Waals surface area contributed by atoms with Gasteiger partial charge in [-0.25, -0.2) is 9.78 Å². The van der Waals surface area contributed by atoms with Gasteiger partial charge in [0.15, 0.2) is 12.1 Å². The van der Waals surface area contributed by atoms with Crippen molar-refractivity contribution in [3.8, 4) is 33.7 Å². The summed E-state index contributed by atoms with van der Waals surface area (Å²) in [7, 11) is 0. The standard InChI is InChI=1S/C46H45N3O7S/c1-3-53-40(51)27-48-45(52)47-26-32-11-10-16-38(25-32)33-21-23-37(24-22-33)44-54-39(30(2)42(55-44)36-19-17-31(28-50)18-20-36)29-57-46-49-41(34-12-6-4-7-13-34)43(56-46)35-14-8-5-9-15-35/h4-25,30,39,42,44,50H,3,26-29H2,1-2H3,(H2,47,48,52)/t30-,39+,42+,44+/m0/s1. The van der Waals surface area contributed by atoms with Crippen molar-refractivity contribution in [2.45, 2.75) is 50.7 Å². The van der Waals surface area contributed by atoms with Crippen molar-refractivity contribution >= 4 is 23.8 Å². The summed E-state index contributed by atoms with van der Waals surface area (Å²) < 4.78 is 24.8. The zero-order chi connectivity index (χ0) is 39.6. The molecule has 2 amide bonds. The Balaban J connectivity index is 1.08. The monoisotopic (exact) mass is 783 g/mol. The second kappa shape index (κ2) is 18.9. The molecular formula is C46H45N3O7S. The summed E-state index contributed by atoms with van der Waals surface area (Å²) in [5.41, 5.74) is 8.34. The number of nitrogens with one attached hydrogen (secondary N) is 2. The van der Waals surface area contributed by atoms with E-state index in [1.807, 2.05) is 133 Å². The van der Waals surface area contributed by atoms with Crippen molar-refractivity contribution in [2.75, 3.05) is 18.9 Å². The van der Waals surface area contributed by atoms with Gasteiger partial charge in [0.05, 0.1) is 25.4 Å². The number of aromatic nitrogens is 1. The maximum atomic E-state index is 12.2. The van der Waals surface area contributed by atoms with Crippen molar-refractivity contribution in [3.05, 3.63) is 156 Å². The lowest BCUT2D eigenvalue weighted by Crippen LogP contribution is -2.38. The van der Waals surface area contributed by atoms with Crippen LogP contribution in [0.2, 0.25) is 0 Å². The van der Waals surface area contributed by atoms with Crippen LogP contribution in [0.1, 0.15) is 48.5 Å². The first-order chi connectivity index (χ1) is 27.9. The summed E-state index contributed by atoms with van der Waals surface area (Å²) in [6, 6.07) is 43.6. The second-order valence-corrected chi connectivity index (χ2v) is 14.7. The van der Waals surface area contributed by atoms with E-state index >= 15 is 0 Å². The molecule has 0 bridgehead atoms. The summed E-state index contributed by atoms with van der Waals surface area (Å²) in [6.45, 7) is 4.18. The Labute approximate surface area is 336 Å². The van der Waals surface area contributed by atoms with Gasteiger partial charge in [-0.15, -0.1) is 0 Å². The number of aliphatic hydroxyl groups is 1. The van der Waals surface area contributed by atoms with Gasteiger partial charge < -0.3 is 34.4 Å². The normalized spacial score (nSPS) is 17.8. The van der Waals surface area contributed by atoms with Gasteiger partial charge in [0.1, 0.15) is 12.2 Å². The third kappa shape index (κ3) is 10.00. The summed E-state index contributed by atoms with van der Waals surface area (Å²) in [4.78, 5) is 28.7. The molecule has 0 unspecified atom stereocenters. The molecule has 1 aliphatic rings. The van der Waals surface area contributed by atoms with Crippen LogP contribution in [-0.4, -0.2) is 47.1 Å². The molecule has 0 aliphatic carbocycles.